The second-order valence-corrected chi connectivity index (χ2v) is 5.06. The number of amides is 1. The fourth-order valence-corrected chi connectivity index (χ4v) is 2.28. The monoisotopic (exact) mass is 326 g/mol. The molecule has 0 fully saturated rings. The summed E-state index contributed by atoms with van der Waals surface area (Å²) in [5.74, 6) is -1.59. The highest BCUT2D eigenvalue weighted by Gasteiger charge is 2.31. The molecule has 0 saturated carbocycles. The fourth-order valence-electron chi connectivity index (χ4n) is 1.68. The van der Waals surface area contributed by atoms with Crippen molar-refractivity contribution >= 4 is 39.2 Å². The number of aryl methyl sites for hydroxylation is 1. The van der Waals surface area contributed by atoms with Crippen LogP contribution in [0, 0.1) is 6.92 Å². The lowest BCUT2D eigenvalue weighted by atomic mass is 10.1. The van der Waals surface area contributed by atoms with Gasteiger partial charge in [0.05, 0.1) is 0 Å². The van der Waals surface area contributed by atoms with Crippen molar-refractivity contribution in [1.29, 1.82) is 0 Å². The molecule has 2 N–H and O–H groups in total. The minimum atomic E-state index is -1.17. The molecule has 0 aromatic heterocycles. The number of carbonyl (C=O) groups excluding carboxylic acids is 1. The average Bonchev–Trinajstić information content (AvgIpc) is 2.76. The minimum Gasteiger partial charge on any atom is -0.477 e. The van der Waals surface area contributed by atoms with Gasteiger partial charge in [0.1, 0.15) is 0 Å². The summed E-state index contributed by atoms with van der Waals surface area (Å²) in [6.45, 7) is 1.90. The van der Waals surface area contributed by atoms with E-state index in [0.717, 1.165) is 10.0 Å². The maximum atomic E-state index is 11.9. The Morgan fingerprint density at radius 1 is 1.47 bits per heavy atom. The van der Waals surface area contributed by atoms with Gasteiger partial charge in [0.2, 0.25) is 6.10 Å². The van der Waals surface area contributed by atoms with Crippen LogP contribution in [0.5, 0.6) is 0 Å². The number of benzene rings is 1. The number of halogens is 1. The predicted molar refractivity (Wildman–Crippen MR) is 72.1 cm³/mol. The molecule has 1 aromatic carbocycles. The van der Waals surface area contributed by atoms with Gasteiger partial charge in [-0.2, -0.15) is 0 Å². The van der Waals surface area contributed by atoms with Crippen molar-refractivity contribution in [3.8, 4) is 0 Å². The topological polar surface area (TPSA) is 88.0 Å². The summed E-state index contributed by atoms with van der Waals surface area (Å²) in [5, 5.41) is 14.8. The minimum absolute atomic E-state index is 0.0336. The number of rotatable bonds is 3. The summed E-state index contributed by atoms with van der Waals surface area (Å²) < 4.78 is 0.845. The van der Waals surface area contributed by atoms with Crippen molar-refractivity contribution in [1.82, 2.24) is 0 Å². The van der Waals surface area contributed by atoms with Crippen molar-refractivity contribution in [2.24, 2.45) is 5.16 Å². The zero-order chi connectivity index (χ0) is 14.0. The van der Waals surface area contributed by atoms with Gasteiger partial charge in [0, 0.05) is 16.6 Å². The van der Waals surface area contributed by atoms with Crippen LogP contribution in [0.2, 0.25) is 0 Å². The Morgan fingerprint density at radius 2 is 2.21 bits per heavy atom. The van der Waals surface area contributed by atoms with Crippen LogP contribution in [0.15, 0.2) is 27.8 Å². The van der Waals surface area contributed by atoms with Crippen molar-refractivity contribution < 1.29 is 19.5 Å². The Hall–Kier alpha value is -1.89. The number of nitrogens with one attached hydrogen (secondary N) is 1. The lowest BCUT2D eigenvalue weighted by Crippen LogP contribution is -2.28. The third-order valence-corrected chi connectivity index (χ3v) is 2.98. The number of carboxylic acids is 1. The van der Waals surface area contributed by atoms with E-state index in [1.165, 1.54) is 0 Å². The van der Waals surface area contributed by atoms with E-state index in [4.69, 9.17) is 9.94 Å². The molecule has 0 bridgehead atoms. The largest absolute Gasteiger partial charge is 0.477 e. The molecule has 1 heterocycles. The van der Waals surface area contributed by atoms with Gasteiger partial charge in [-0.1, -0.05) is 21.1 Å². The van der Waals surface area contributed by atoms with E-state index in [1.807, 2.05) is 13.0 Å². The first-order valence-electron chi connectivity index (χ1n) is 5.50. The van der Waals surface area contributed by atoms with E-state index in [9.17, 15) is 9.59 Å². The first-order valence-corrected chi connectivity index (χ1v) is 6.29. The van der Waals surface area contributed by atoms with Crippen molar-refractivity contribution in [2.75, 3.05) is 5.32 Å². The van der Waals surface area contributed by atoms with Crippen LogP contribution in [0.25, 0.3) is 0 Å². The number of anilines is 1. The van der Waals surface area contributed by atoms with Gasteiger partial charge in [0.15, 0.2) is 5.71 Å². The first-order chi connectivity index (χ1) is 8.95. The Labute approximate surface area is 117 Å². The summed E-state index contributed by atoms with van der Waals surface area (Å²) in [7, 11) is 0. The molecule has 2 rings (SSSR count). The molecule has 1 unspecified atom stereocenters. The smallest absolute Gasteiger partial charge is 0.353 e. The van der Waals surface area contributed by atoms with E-state index >= 15 is 0 Å². The van der Waals surface area contributed by atoms with Crippen LogP contribution in [0.4, 0.5) is 5.69 Å². The van der Waals surface area contributed by atoms with E-state index in [0.29, 0.717) is 5.69 Å². The Bertz CT molecular complexity index is 551. The Morgan fingerprint density at radius 3 is 2.79 bits per heavy atom. The van der Waals surface area contributed by atoms with E-state index in [2.05, 4.69) is 26.4 Å². The summed E-state index contributed by atoms with van der Waals surface area (Å²) in [6.07, 6.45) is -0.931. The van der Waals surface area contributed by atoms with Crippen LogP contribution < -0.4 is 5.32 Å². The van der Waals surface area contributed by atoms with E-state index in [-0.39, 0.29) is 12.1 Å². The van der Waals surface area contributed by atoms with Crippen LogP contribution in [0.3, 0.4) is 0 Å². The standard InChI is InChI=1S/C12H11BrN2O4/c1-6-2-7(13)4-8(3-6)14-11(16)10-5-9(12(17)18)15-19-10/h2-4,10H,5H2,1H3,(H,14,16)(H,17,18). The third-order valence-electron chi connectivity index (χ3n) is 2.52. The summed E-state index contributed by atoms with van der Waals surface area (Å²) in [5.41, 5.74) is 1.45. The quantitative estimate of drug-likeness (QED) is 0.888. The van der Waals surface area contributed by atoms with Crippen LogP contribution in [-0.4, -0.2) is 28.8 Å². The predicted octanol–water partition coefficient (Wildman–Crippen LogP) is 1.93. The zero-order valence-electron chi connectivity index (χ0n) is 10.0. The van der Waals surface area contributed by atoms with Gasteiger partial charge in [-0.25, -0.2) is 4.79 Å². The molecular weight excluding hydrogens is 316 g/mol. The van der Waals surface area contributed by atoms with Gasteiger partial charge in [-0.15, -0.1) is 0 Å². The molecule has 6 nitrogen and oxygen atoms in total. The van der Waals surface area contributed by atoms with E-state index in [1.54, 1.807) is 12.1 Å². The fraction of sp³-hybridized carbons (Fsp3) is 0.250. The van der Waals surface area contributed by atoms with E-state index < -0.39 is 18.0 Å². The molecule has 1 atom stereocenters. The molecule has 100 valence electrons. The average molecular weight is 327 g/mol. The van der Waals surface area contributed by atoms with Gasteiger partial charge in [-0.05, 0) is 30.7 Å². The van der Waals surface area contributed by atoms with Crippen LogP contribution in [0.1, 0.15) is 12.0 Å². The van der Waals surface area contributed by atoms with Crippen molar-refractivity contribution in [3.63, 3.8) is 0 Å². The molecule has 0 spiro atoms. The van der Waals surface area contributed by atoms with Gasteiger partial charge in [0.25, 0.3) is 5.91 Å². The highest BCUT2D eigenvalue weighted by atomic mass is 79.9. The number of oxime groups is 1. The Balaban J connectivity index is 2.01. The van der Waals surface area contributed by atoms with Gasteiger partial charge in [-0.3, -0.25) is 4.79 Å². The molecule has 1 aliphatic heterocycles. The van der Waals surface area contributed by atoms with Crippen molar-refractivity contribution in [2.45, 2.75) is 19.4 Å². The lowest BCUT2D eigenvalue weighted by Gasteiger charge is -2.10. The number of hydrogen-bond acceptors (Lipinski definition) is 4. The van der Waals surface area contributed by atoms with Crippen molar-refractivity contribution in [3.05, 3.63) is 28.2 Å². The maximum Gasteiger partial charge on any atom is 0.353 e. The molecule has 0 radical (unpaired) electrons. The second kappa shape index (κ2) is 5.40. The molecule has 0 aliphatic carbocycles. The second-order valence-electron chi connectivity index (χ2n) is 4.15. The molecular formula is C12H11BrN2O4. The normalized spacial score (nSPS) is 17.6. The maximum absolute atomic E-state index is 11.9. The molecule has 1 aromatic rings. The number of carboxylic acid groups (broad SMARTS) is 1. The first kappa shape index (κ1) is 13.5. The lowest BCUT2D eigenvalue weighted by molar-refractivity contribution is -0.129. The summed E-state index contributed by atoms with van der Waals surface area (Å²) in [6, 6.07) is 5.46. The number of carbonyl (C=O) groups is 2. The Kier molecular flexibility index (Phi) is 3.84. The van der Waals surface area contributed by atoms with Gasteiger partial charge < -0.3 is 15.3 Å². The third kappa shape index (κ3) is 3.31. The highest BCUT2D eigenvalue weighted by Crippen LogP contribution is 2.20. The molecule has 1 aliphatic rings. The number of aliphatic carboxylic acids is 1. The van der Waals surface area contributed by atoms with Gasteiger partial charge >= 0.3 is 5.97 Å². The molecule has 19 heavy (non-hydrogen) atoms. The van der Waals surface area contributed by atoms with Crippen LogP contribution >= 0.6 is 15.9 Å². The number of hydrogen-bond donors (Lipinski definition) is 2. The highest BCUT2D eigenvalue weighted by molar-refractivity contribution is 9.10. The zero-order valence-corrected chi connectivity index (χ0v) is 11.6. The molecule has 7 heteroatoms. The number of nitrogens with zero attached hydrogens (tertiary/aromatic N) is 1. The molecule has 1 amide bonds. The summed E-state index contributed by atoms with van der Waals surface area (Å²) in [4.78, 5) is 27.4. The SMILES string of the molecule is Cc1cc(Br)cc(NC(=O)C2CC(C(=O)O)=NO2)c1. The summed E-state index contributed by atoms with van der Waals surface area (Å²) >= 11 is 3.33. The van der Waals surface area contributed by atoms with Crippen LogP contribution in [-0.2, 0) is 14.4 Å². The molecule has 0 saturated heterocycles.